The molecule has 1 aliphatic rings. The summed E-state index contributed by atoms with van der Waals surface area (Å²) in [5.41, 5.74) is 2.65. The van der Waals surface area contributed by atoms with Crippen molar-refractivity contribution < 1.29 is 14.4 Å². The normalized spacial score (nSPS) is 18.5. The van der Waals surface area contributed by atoms with Gasteiger partial charge in [-0.2, -0.15) is 0 Å². The van der Waals surface area contributed by atoms with Crippen LogP contribution in [0, 0.1) is 13.8 Å². The number of nitrogens with one attached hydrogen (secondary N) is 1. The Bertz CT molecular complexity index is 954. The van der Waals surface area contributed by atoms with Gasteiger partial charge in [-0.1, -0.05) is 61.0 Å². The topological polar surface area (TPSA) is 69.7 Å². The predicted octanol–water partition coefficient (Wildman–Crippen LogP) is 3.51. The van der Waals surface area contributed by atoms with Crippen molar-refractivity contribution in [1.82, 2.24) is 15.1 Å². The van der Waals surface area contributed by atoms with E-state index in [1.54, 1.807) is 11.8 Å². The molecule has 0 spiro atoms. The van der Waals surface area contributed by atoms with Gasteiger partial charge >= 0.3 is 6.03 Å². The van der Waals surface area contributed by atoms with Crippen molar-refractivity contribution in [2.75, 3.05) is 13.1 Å². The smallest absolute Gasteiger partial charge is 0.325 e. The monoisotopic (exact) mass is 407 g/mol. The van der Waals surface area contributed by atoms with Crippen molar-refractivity contribution in [3.05, 3.63) is 70.8 Å². The molecule has 2 aromatic rings. The highest BCUT2D eigenvalue weighted by Gasteiger charge is 2.50. The minimum Gasteiger partial charge on any atom is -0.337 e. The maximum Gasteiger partial charge on any atom is 0.325 e. The molecule has 1 unspecified atom stereocenters. The SMILES string of the molecule is CCCN(Cc1ccc(C)cc1)C(=O)CN1C(=O)NC(C)(c2ccccc2C)C1=O. The van der Waals surface area contributed by atoms with Gasteiger partial charge in [0.15, 0.2) is 0 Å². The van der Waals surface area contributed by atoms with Crippen molar-refractivity contribution in [2.45, 2.75) is 46.2 Å². The fourth-order valence-electron chi connectivity index (χ4n) is 3.87. The molecule has 0 aliphatic carbocycles. The molecular formula is C24H29N3O3. The van der Waals surface area contributed by atoms with E-state index >= 15 is 0 Å². The van der Waals surface area contributed by atoms with E-state index in [-0.39, 0.29) is 12.5 Å². The van der Waals surface area contributed by atoms with Crippen LogP contribution in [0.3, 0.4) is 0 Å². The van der Waals surface area contributed by atoms with E-state index in [2.05, 4.69) is 5.32 Å². The summed E-state index contributed by atoms with van der Waals surface area (Å²) >= 11 is 0. The number of urea groups is 1. The number of rotatable bonds is 7. The summed E-state index contributed by atoms with van der Waals surface area (Å²) in [5.74, 6) is -0.642. The Morgan fingerprint density at radius 2 is 1.73 bits per heavy atom. The second-order valence-corrected chi connectivity index (χ2v) is 8.06. The summed E-state index contributed by atoms with van der Waals surface area (Å²) in [6.45, 7) is 8.35. The van der Waals surface area contributed by atoms with Gasteiger partial charge in [0.25, 0.3) is 5.91 Å². The molecule has 0 radical (unpaired) electrons. The van der Waals surface area contributed by atoms with Gasteiger partial charge in [0.2, 0.25) is 5.91 Å². The first-order valence-corrected chi connectivity index (χ1v) is 10.3. The second-order valence-electron chi connectivity index (χ2n) is 8.06. The molecule has 158 valence electrons. The number of hydrogen-bond acceptors (Lipinski definition) is 3. The number of benzene rings is 2. The predicted molar refractivity (Wildman–Crippen MR) is 116 cm³/mol. The fourth-order valence-corrected chi connectivity index (χ4v) is 3.87. The summed E-state index contributed by atoms with van der Waals surface area (Å²) in [6, 6.07) is 14.9. The molecular weight excluding hydrogens is 378 g/mol. The lowest BCUT2D eigenvalue weighted by molar-refractivity contribution is -0.139. The van der Waals surface area contributed by atoms with Gasteiger partial charge in [0, 0.05) is 13.1 Å². The lowest BCUT2D eigenvalue weighted by Gasteiger charge is -2.26. The van der Waals surface area contributed by atoms with Crippen LogP contribution in [-0.2, 0) is 21.7 Å². The van der Waals surface area contributed by atoms with E-state index in [1.807, 2.05) is 69.3 Å². The minimum atomic E-state index is -1.17. The van der Waals surface area contributed by atoms with Crippen molar-refractivity contribution in [3.63, 3.8) is 0 Å². The standard InChI is InChI=1S/C24H29N3O3/c1-5-14-26(15-19-12-10-17(2)11-13-19)21(28)16-27-22(29)24(4,25-23(27)30)20-9-7-6-8-18(20)3/h6-13H,5,14-16H2,1-4H3,(H,25,30). The van der Waals surface area contributed by atoms with E-state index in [0.717, 1.165) is 33.6 Å². The Kier molecular flexibility index (Phi) is 6.25. The second kappa shape index (κ2) is 8.69. The van der Waals surface area contributed by atoms with Crippen molar-refractivity contribution in [2.24, 2.45) is 0 Å². The molecule has 1 atom stereocenters. The average molecular weight is 408 g/mol. The Labute approximate surface area is 177 Å². The Hall–Kier alpha value is -3.15. The molecule has 1 saturated heterocycles. The first kappa shape index (κ1) is 21.6. The van der Waals surface area contributed by atoms with Gasteiger partial charge in [0.05, 0.1) is 0 Å². The number of aryl methyl sites for hydroxylation is 2. The van der Waals surface area contributed by atoms with Gasteiger partial charge in [-0.3, -0.25) is 14.5 Å². The molecule has 0 saturated carbocycles. The van der Waals surface area contributed by atoms with E-state index in [1.165, 1.54) is 0 Å². The van der Waals surface area contributed by atoms with Crippen LogP contribution in [0.1, 0.15) is 42.5 Å². The zero-order chi connectivity index (χ0) is 21.9. The molecule has 6 heteroatoms. The van der Waals surface area contributed by atoms with Crippen LogP contribution in [-0.4, -0.2) is 40.7 Å². The number of nitrogens with zero attached hydrogens (tertiary/aromatic N) is 2. The van der Waals surface area contributed by atoms with E-state index in [4.69, 9.17) is 0 Å². The molecule has 1 N–H and O–H groups in total. The molecule has 4 amide bonds. The van der Waals surface area contributed by atoms with Crippen molar-refractivity contribution in [3.8, 4) is 0 Å². The quantitative estimate of drug-likeness (QED) is 0.714. The maximum atomic E-state index is 13.2. The molecule has 30 heavy (non-hydrogen) atoms. The fraction of sp³-hybridized carbons (Fsp3) is 0.375. The Morgan fingerprint density at radius 3 is 2.37 bits per heavy atom. The number of imide groups is 1. The summed E-state index contributed by atoms with van der Waals surface area (Å²) in [6.07, 6.45) is 0.790. The Morgan fingerprint density at radius 1 is 1.07 bits per heavy atom. The highest BCUT2D eigenvalue weighted by Crippen LogP contribution is 2.30. The maximum absolute atomic E-state index is 13.2. The highest BCUT2D eigenvalue weighted by molar-refractivity contribution is 6.09. The largest absolute Gasteiger partial charge is 0.337 e. The minimum absolute atomic E-state index is 0.241. The van der Waals surface area contributed by atoms with Gasteiger partial charge in [-0.15, -0.1) is 0 Å². The third-order valence-electron chi connectivity index (χ3n) is 5.59. The zero-order valence-electron chi connectivity index (χ0n) is 18.1. The molecule has 1 aliphatic heterocycles. The zero-order valence-corrected chi connectivity index (χ0v) is 18.1. The van der Waals surface area contributed by atoms with Crippen molar-refractivity contribution >= 4 is 17.8 Å². The first-order chi connectivity index (χ1) is 14.3. The van der Waals surface area contributed by atoms with Crippen LogP contribution in [0.25, 0.3) is 0 Å². The van der Waals surface area contributed by atoms with E-state index in [0.29, 0.717) is 13.1 Å². The lowest BCUT2D eigenvalue weighted by atomic mass is 9.88. The van der Waals surface area contributed by atoms with Crippen LogP contribution in [0.5, 0.6) is 0 Å². The van der Waals surface area contributed by atoms with Crippen LogP contribution in [0.15, 0.2) is 48.5 Å². The Balaban J connectivity index is 1.77. The summed E-state index contributed by atoms with van der Waals surface area (Å²) < 4.78 is 0. The summed E-state index contributed by atoms with van der Waals surface area (Å²) in [5, 5.41) is 2.79. The van der Waals surface area contributed by atoms with Crippen LogP contribution >= 0.6 is 0 Å². The third kappa shape index (κ3) is 4.22. The van der Waals surface area contributed by atoms with Gasteiger partial charge < -0.3 is 10.2 Å². The van der Waals surface area contributed by atoms with E-state index in [9.17, 15) is 14.4 Å². The lowest BCUT2D eigenvalue weighted by Crippen LogP contribution is -2.44. The molecule has 0 bridgehead atoms. The highest BCUT2D eigenvalue weighted by atomic mass is 16.2. The molecule has 1 fully saturated rings. The van der Waals surface area contributed by atoms with Gasteiger partial charge in [-0.05, 0) is 43.9 Å². The summed E-state index contributed by atoms with van der Waals surface area (Å²) in [7, 11) is 0. The molecule has 1 heterocycles. The molecule has 2 aromatic carbocycles. The van der Waals surface area contributed by atoms with E-state index < -0.39 is 17.5 Å². The average Bonchev–Trinajstić information content (AvgIpc) is 2.93. The molecule has 6 nitrogen and oxygen atoms in total. The summed E-state index contributed by atoms with van der Waals surface area (Å²) in [4.78, 5) is 41.5. The third-order valence-corrected chi connectivity index (χ3v) is 5.59. The molecule has 0 aromatic heterocycles. The van der Waals surface area contributed by atoms with Gasteiger partial charge in [-0.25, -0.2) is 4.79 Å². The van der Waals surface area contributed by atoms with Gasteiger partial charge in [0.1, 0.15) is 12.1 Å². The number of hydrogen-bond donors (Lipinski definition) is 1. The van der Waals surface area contributed by atoms with Crippen molar-refractivity contribution in [1.29, 1.82) is 0 Å². The van der Waals surface area contributed by atoms with Crippen LogP contribution in [0.2, 0.25) is 0 Å². The van der Waals surface area contributed by atoms with Crippen LogP contribution < -0.4 is 5.32 Å². The first-order valence-electron chi connectivity index (χ1n) is 10.3. The molecule has 3 rings (SSSR count). The number of carbonyl (C=O) groups excluding carboxylic acids is 3. The number of carbonyl (C=O) groups is 3. The number of amides is 4. The van der Waals surface area contributed by atoms with Crippen LogP contribution in [0.4, 0.5) is 4.79 Å².